The van der Waals surface area contributed by atoms with Crippen molar-refractivity contribution >= 4 is 43.9 Å². The van der Waals surface area contributed by atoms with Gasteiger partial charge in [-0.1, -0.05) is 90.0 Å². The summed E-state index contributed by atoms with van der Waals surface area (Å²) in [6, 6.07) is 18.0. The van der Waals surface area contributed by atoms with E-state index in [0.717, 1.165) is 70.2 Å². The van der Waals surface area contributed by atoms with Crippen LogP contribution in [0.5, 0.6) is 5.75 Å². The fourth-order valence-corrected chi connectivity index (χ4v) is 7.87. The quantitative estimate of drug-likeness (QED) is 0.0826. The zero-order chi connectivity index (χ0) is 33.4. The average Bonchev–Trinajstić information content (AvgIpc) is 3.60. The van der Waals surface area contributed by atoms with E-state index in [0.29, 0.717) is 24.3 Å². The van der Waals surface area contributed by atoms with Crippen molar-refractivity contribution in [1.29, 1.82) is 0 Å². The molecule has 0 amide bonds. The molecule has 0 bridgehead atoms. The molecule has 2 aromatic carbocycles. The number of hydrogen-bond donors (Lipinski definition) is 0. The second-order valence-corrected chi connectivity index (χ2v) is 14.6. The number of unbranched alkanes of at least 4 members (excludes halogenated alkanes) is 13. The Morgan fingerprint density at radius 1 is 0.750 bits per heavy atom. The molecule has 0 atom stereocenters. The summed E-state index contributed by atoms with van der Waals surface area (Å²) in [4.78, 5) is 31.1. The van der Waals surface area contributed by atoms with E-state index < -0.39 is 0 Å². The number of anilines is 1. The van der Waals surface area contributed by atoms with Crippen LogP contribution in [0, 0.1) is 0 Å². The summed E-state index contributed by atoms with van der Waals surface area (Å²) in [6.07, 6.45) is 18.9. The van der Waals surface area contributed by atoms with Crippen LogP contribution in [-0.4, -0.2) is 54.7 Å². The van der Waals surface area contributed by atoms with Crippen LogP contribution in [0.3, 0.4) is 0 Å². The van der Waals surface area contributed by atoms with E-state index >= 15 is 0 Å². The smallest absolute Gasteiger partial charge is 0.257 e. The lowest BCUT2D eigenvalue weighted by atomic mass is 10.0. The van der Waals surface area contributed by atoms with Crippen LogP contribution in [0.1, 0.15) is 114 Å². The number of carbonyl (C=O) groups is 1. The van der Waals surface area contributed by atoms with E-state index in [9.17, 15) is 9.59 Å². The van der Waals surface area contributed by atoms with Crippen LogP contribution >= 0.6 is 11.3 Å². The molecule has 4 aromatic rings. The van der Waals surface area contributed by atoms with Crippen LogP contribution in [0.4, 0.5) is 5.69 Å². The van der Waals surface area contributed by atoms with Crippen LogP contribution < -0.4 is 15.2 Å². The topological polar surface area (TPSA) is 54.8 Å². The number of piperazine rings is 1. The first kappa shape index (κ1) is 36.1. The monoisotopic (exact) mass is 671 g/mol. The van der Waals surface area contributed by atoms with Gasteiger partial charge in [-0.15, -0.1) is 11.3 Å². The highest BCUT2D eigenvalue weighted by molar-refractivity contribution is 7.17. The molecule has 6 nitrogen and oxygen atoms in total. The molecule has 1 saturated heterocycles. The number of pyridine rings is 1. The van der Waals surface area contributed by atoms with Gasteiger partial charge in [-0.05, 0) is 73.0 Å². The Kier molecular flexibility index (Phi) is 14.9. The highest BCUT2D eigenvalue weighted by Crippen LogP contribution is 2.31. The molecule has 0 saturated carbocycles. The fourth-order valence-electron chi connectivity index (χ4n) is 7.06. The molecule has 1 aliphatic rings. The van der Waals surface area contributed by atoms with Crippen LogP contribution in [0.2, 0.25) is 0 Å². The molecule has 2 aromatic heterocycles. The van der Waals surface area contributed by atoms with Gasteiger partial charge in [-0.2, -0.15) is 0 Å². The summed E-state index contributed by atoms with van der Waals surface area (Å²) in [5.41, 5.74) is 1.76. The lowest BCUT2D eigenvalue weighted by molar-refractivity contribution is 0.0900. The predicted octanol–water partition coefficient (Wildman–Crippen LogP) is 10.3. The highest BCUT2D eigenvalue weighted by Gasteiger charge is 2.18. The Morgan fingerprint density at radius 3 is 2.17 bits per heavy atom. The number of carbonyl (C=O) groups excluding carboxylic acids is 1. The Bertz CT molecular complexity index is 1600. The maximum atomic E-state index is 13.2. The van der Waals surface area contributed by atoms with Gasteiger partial charge in [0, 0.05) is 60.5 Å². The Morgan fingerprint density at radius 2 is 1.44 bits per heavy atom. The highest BCUT2D eigenvalue weighted by atomic mass is 32.1. The summed E-state index contributed by atoms with van der Waals surface area (Å²) in [6.45, 7) is 8.24. The summed E-state index contributed by atoms with van der Waals surface area (Å²) in [5, 5.41) is 4.44. The standard InChI is InChI=1S/C41H57N3O3S/c1-2-3-4-5-6-7-8-9-10-11-12-13-14-20-40(45)44-38-33-35(23-21-34(38)22-24-41(44)46)47-31-16-15-26-42-27-29-43(30-28-42)37-18-17-19-39-36(37)25-32-48-39/h17-19,21-25,32-33H,2-16,20,26-31H2,1H3. The second-order valence-electron chi connectivity index (χ2n) is 13.6. The number of hydrogen-bond acceptors (Lipinski definition) is 6. The average molecular weight is 672 g/mol. The molecule has 0 N–H and O–H groups in total. The predicted molar refractivity (Wildman–Crippen MR) is 204 cm³/mol. The van der Waals surface area contributed by atoms with E-state index in [2.05, 4.69) is 46.4 Å². The van der Waals surface area contributed by atoms with Crippen molar-refractivity contribution in [2.75, 3.05) is 44.2 Å². The van der Waals surface area contributed by atoms with Gasteiger partial charge < -0.3 is 9.64 Å². The van der Waals surface area contributed by atoms with Crippen molar-refractivity contribution < 1.29 is 9.53 Å². The SMILES string of the molecule is CCCCCCCCCCCCCCCC(=O)n1c(=O)ccc2ccc(OCCCCN3CCN(c4cccc5sccc45)CC3)cc21. The zero-order valence-electron chi connectivity index (χ0n) is 29.3. The second kappa shape index (κ2) is 19.7. The molecule has 0 unspecified atom stereocenters. The number of thiophene rings is 1. The third-order valence-corrected chi connectivity index (χ3v) is 10.8. The first-order valence-electron chi connectivity index (χ1n) is 18.9. The Balaban J connectivity index is 0.981. The molecular formula is C41H57N3O3S. The summed E-state index contributed by atoms with van der Waals surface area (Å²) >= 11 is 1.81. The van der Waals surface area contributed by atoms with Gasteiger partial charge in [-0.3, -0.25) is 14.5 Å². The van der Waals surface area contributed by atoms with E-state index in [1.54, 1.807) is 6.07 Å². The molecule has 1 aliphatic heterocycles. The maximum Gasteiger partial charge on any atom is 0.257 e. The first-order valence-corrected chi connectivity index (χ1v) is 19.8. The van der Waals surface area contributed by atoms with Crippen molar-refractivity contribution in [2.45, 2.75) is 110 Å². The Hall–Kier alpha value is -3.16. The number of benzene rings is 2. The van der Waals surface area contributed by atoms with E-state index in [1.165, 1.54) is 90.6 Å². The van der Waals surface area contributed by atoms with Gasteiger partial charge in [0.15, 0.2) is 0 Å². The van der Waals surface area contributed by atoms with E-state index in [-0.39, 0.29) is 11.5 Å². The zero-order valence-corrected chi connectivity index (χ0v) is 30.1. The number of ether oxygens (including phenoxy) is 1. The van der Waals surface area contributed by atoms with E-state index in [1.807, 2.05) is 29.5 Å². The number of rotatable bonds is 21. The molecule has 0 spiro atoms. The summed E-state index contributed by atoms with van der Waals surface area (Å²) < 4.78 is 8.84. The normalized spacial score (nSPS) is 13.9. The van der Waals surface area contributed by atoms with Crippen LogP contribution in [0.15, 0.2) is 64.8 Å². The fraction of sp³-hybridized carbons (Fsp3) is 0.561. The van der Waals surface area contributed by atoms with Gasteiger partial charge in [0.2, 0.25) is 5.91 Å². The molecule has 7 heteroatoms. The van der Waals surface area contributed by atoms with Gasteiger partial charge >= 0.3 is 0 Å². The number of aromatic nitrogens is 1. The summed E-state index contributed by atoms with van der Waals surface area (Å²) in [7, 11) is 0. The van der Waals surface area contributed by atoms with Crippen LogP contribution in [-0.2, 0) is 0 Å². The minimum Gasteiger partial charge on any atom is -0.494 e. The van der Waals surface area contributed by atoms with Crippen molar-refractivity contribution in [2.24, 2.45) is 0 Å². The molecule has 260 valence electrons. The van der Waals surface area contributed by atoms with Gasteiger partial charge in [0.05, 0.1) is 12.1 Å². The minimum absolute atomic E-state index is 0.113. The third-order valence-electron chi connectivity index (χ3n) is 9.94. The lowest BCUT2D eigenvalue weighted by Crippen LogP contribution is -2.46. The van der Waals surface area contributed by atoms with E-state index in [4.69, 9.17) is 4.74 Å². The molecule has 5 rings (SSSR count). The minimum atomic E-state index is -0.258. The first-order chi connectivity index (χ1) is 23.6. The Labute approximate surface area is 292 Å². The molecule has 1 fully saturated rings. The van der Waals surface area contributed by atoms with Gasteiger partial charge in [0.1, 0.15) is 5.75 Å². The van der Waals surface area contributed by atoms with Crippen LogP contribution in [0.25, 0.3) is 21.0 Å². The number of fused-ring (bicyclic) bond motifs is 2. The van der Waals surface area contributed by atoms with Gasteiger partial charge in [0.25, 0.3) is 5.56 Å². The molecule has 48 heavy (non-hydrogen) atoms. The summed E-state index contributed by atoms with van der Waals surface area (Å²) in [5.74, 6) is 0.602. The molecule has 0 radical (unpaired) electrons. The van der Waals surface area contributed by atoms with Crippen molar-refractivity contribution in [3.05, 3.63) is 70.3 Å². The molecule has 0 aliphatic carbocycles. The largest absolute Gasteiger partial charge is 0.494 e. The maximum absolute atomic E-state index is 13.2. The lowest BCUT2D eigenvalue weighted by Gasteiger charge is -2.36. The third kappa shape index (κ3) is 10.7. The van der Waals surface area contributed by atoms with Crippen molar-refractivity contribution in [1.82, 2.24) is 9.47 Å². The van der Waals surface area contributed by atoms with Gasteiger partial charge in [-0.25, -0.2) is 4.57 Å². The van der Waals surface area contributed by atoms with Crippen molar-refractivity contribution in [3.63, 3.8) is 0 Å². The number of nitrogens with zero attached hydrogens (tertiary/aromatic N) is 3. The van der Waals surface area contributed by atoms with Crippen molar-refractivity contribution in [3.8, 4) is 5.75 Å². The molecular weight excluding hydrogens is 615 g/mol. The molecule has 3 heterocycles.